The van der Waals surface area contributed by atoms with Crippen LogP contribution in [0.25, 0.3) is 0 Å². The summed E-state index contributed by atoms with van der Waals surface area (Å²) in [4.78, 5) is 4.67. The average Bonchev–Trinajstić information content (AvgIpc) is 2.64. The van der Waals surface area contributed by atoms with Gasteiger partial charge in [-0.25, -0.2) is 0 Å². The van der Waals surface area contributed by atoms with Gasteiger partial charge < -0.3 is 20.5 Å². The fraction of sp³-hybridized carbons (Fsp3) is 0.600. The fourth-order valence-electron chi connectivity index (χ4n) is 2.68. The molecule has 0 spiro atoms. The third kappa shape index (κ3) is 3.77. The molecule has 0 aliphatic carbocycles. The van der Waals surface area contributed by atoms with Crippen molar-refractivity contribution in [1.29, 1.82) is 0 Å². The molecule has 5 nitrogen and oxygen atoms in total. The molecule has 3 N–H and O–H groups in total. The monoisotopic (exact) mass is 279 g/mol. The van der Waals surface area contributed by atoms with Crippen molar-refractivity contribution in [2.75, 3.05) is 50.5 Å². The Hall–Kier alpha value is -1.46. The van der Waals surface area contributed by atoms with Gasteiger partial charge in [0.05, 0.1) is 18.9 Å². The number of benzene rings is 1. The number of aliphatic hydroxyl groups excluding tert-OH is 1. The number of methoxy groups -OCH3 is 1. The van der Waals surface area contributed by atoms with Crippen LogP contribution >= 0.6 is 0 Å². The van der Waals surface area contributed by atoms with Gasteiger partial charge >= 0.3 is 0 Å². The number of nitrogens with two attached hydrogens (primary N) is 1. The Morgan fingerprint density at radius 2 is 2.10 bits per heavy atom. The van der Waals surface area contributed by atoms with Crippen molar-refractivity contribution < 1.29 is 9.84 Å². The number of hydrogen-bond donors (Lipinski definition) is 2. The van der Waals surface area contributed by atoms with Crippen molar-refractivity contribution in [3.63, 3.8) is 0 Å². The molecule has 20 heavy (non-hydrogen) atoms. The first-order valence-electron chi connectivity index (χ1n) is 7.19. The first kappa shape index (κ1) is 14.9. The number of β-amino-alcohol motifs (C(OH)–C–C–N with tert-alkyl or cyclic N) is 1. The lowest BCUT2D eigenvalue weighted by atomic mass is 10.2. The summed E-state index contributed by atoms with van der Waals surface area (Å²) in [6, 6.07) is 5.94. The van der Waals surface area contributed by atoms with Crippen LogP contribution in [0.1, 0.15) is 13.3 Å². The van der Waals surface area contributed by atoms with E-state index in [4.69, 9.17) is 10.5 Å². The third-order valence-electron chi connectivity index (χ3n) is 3.69. The second kappa shape index (κ2) is 6.81. The lowest BCUT2D eigenvalue weighted by Crippen LogP contribution is -2.35. The molecular formula is C15H25N3O2. The van der Waals surface area contributed by atoms with E-state index in [1.54, 1.807) is 7.11 Å². The maximum Gasteiger partial charge on any atom is 0.143 e. The normalized spacial score (nSPS) is 18.6. The summed E-state index contributed by atoms with van der Waals surface area (Å²) in [5.74, 6) is 0.729. The molecule has 1 aliphatic heterocycles. The number of nitrogens with zero attached hydrogens (tertiary/aromatic N) is 2. The van der Waals surface area contributed by atoms with Crippen LogP contribution in [-0.2, 0) is 0 Å². The highest BCUT2D eigenvalue weighted by Gasteiger charge is 2.17. The van der Waals surface area contributed by atoms with Crippen molar-refractivity contribution in [3.05, 3.63) is 18.2 Å². The Bertz CT molecular complexity index is 437. The standard InChI is InChI=1S/C15H25N3O2/c1-12(19)11-17-6-3-7-18(9-8-17)13-4-5-14(16)15(10-13)20-2/h4-5,10,12,19H,3,6-9,11,16H2,1-2H3/t12-/m1/s1. The van der Waals surface area contributed by atoms with Crippen molar-refractivity contribution in [1.82, 2.24) is 4.90 Å². The Labute approximate surface area is 120 Å². The third-order valence-corrected chi connectivity index (χ3v) is 3.69. The molecule has 0 unspecified atom stereocenters. The Morgan fingerprint density at radius 3 is 2.80 bits per heavy atom. The molecule has 1 saturated heterocycles. The van der Waals surface area contributed by atoms with E-state index >= 15 is 0 Å². The maximum absolute atomic E-state index is 9.49. The summed E-state index contributed by atoms with van der Waals surface area (Å²) in [5.41, 5.74) is 7.67. The van der Waals surface area contributed by atoms with E-state index in [0.717, 1.165) is 50.6 Å². The smallest absolute Gasteiger partial charge is 0.143 e. The van der Waals surface area contributed by atoms with Gasteiger partial charge in [0, 0.05) is 37.9 Å². The number of ether oxygens (including phenoxy) is 1. The number of nitrogen functional groups attached to an aromatic ring is 1. The van der Waals surface area contributed by atoms with E-state index in [-0.39, 0.29) is 6.10 Å². The van der Waals surface area contributed by atoms with E-state index in [1.807, 2.05) is 25.1 Å². The van der Waals surface area contributed by atoms with Gasteiger partial charge in [-0.1, -0.05) is 0 Å². The van der Waals surface area contributed by atoms with Crippen molar-refractivity contribution in [3.8, 4) is 5.75 Å². The minimum atomic E-state index is -0.266. The van der Waals surface area contributed by atoms with Gasteiger partial charge in [0.2, 0.25) is 0 Å². The lowest BCUT2D eigenvalue weighted by Gasteiger charge is -2.24. The first-order valence-corrected chi connectivity index (χ1v) is 7.19. The molecular weight excluding hydrogens is 254 g/mol. The Kier molecular flexibility index (Phi) is 5.09. The molecule has 0 amide bonds. The van der Waals surface area contributed by atoms with Crippen LogP contribution in [0.5, 0.6) is 5.75 Å². The van der Waals surface area contributed by atoms with E-state index < -0.39 is 0 Å². The zero-order valence-electron chi connectivity index (χ0n) is 12.4. The number of anilines is 2. The highest BCUT2D eigenvalue weighted by Crippen LogP contribution is 2.28. The molecule has 0 bridgehead atoms. The SMILES string of the molecule is COc1cc(N2CCCN(C[C@@H](C)O)CC2)ccc1N. The molecule has 0 saturated carbocycles. The van der Waals surface area contributed by atoms with E-state index in [2.05, 4.69) is 9.80 Å². The molecule has 2 rings (SSSR count). The van der Waals surface area contributed by atoms with Gasteiger partial charge in [-0.05, 0) is 32.0 Å². The van der Waals surface area contributed by atoms with E-state index in [9.17, 15) is 5.11 Å². The zero-order valence-corrected chi connectivity index (χ0v) is 12.4. The maximum atomic E-state index is 9.49. The number of hydrogen-bond acceptors (Lipinski definition) is 5. The lowest BCUT2D eigenvalue weighted by molar-refractivity contribution is 0.131. The van der Waals surface area contributed by atoms with Crippen LogP contribution in [0.4, 0.5) is 11.4 Å². The van der Waals surface area contributed by atoms with Gasteiger partial charge in [-0.15, -0.1) is 0 Å². The molecule has 1 heterocycles. The highest BCUT2D eigenvalue weighted by molar-refractivity contribution is 5.62. The van der Waals surface area contributed by atoms with Gasteiger partial charge in [0.15, 0.2) is 0 Å². The molecule has 1 atom stereocenters. The largest absolute Gasteiger partial charge is 0.495 e. The van der Waals surface area contributed by atoms with Crippen LogP contribution in [0.15, 0.2) is 18.2 Å². The first-order chi connectivity index (χ1) is 9.60. The Morgan fingerprint density at radius 1 is 1.30 bits per heavy atom. The second-order valence-electron chi connectivity index (χ2n) is 5.42. The van der Waals surface area contributed by atoms with Crippen LogP contribution in [0.2, 0.25) is 0 Å². The van der Waals surface area contributed by atoms with Crippen LogP contribution in [-0.4, -0.2) is 55.9 Å². The minimum Gasteiger partial charge on any atom is -0.495 e. The fourth-order valence-corrected chi connectivity index (χ4v) is 2.68. The van der Waals surface area contributed by atoms with Crippen molar-refractivity contribution in [2.45, 2.75) is 19.4 Å². The van der Waals surface area contributed by atoms with Crippen molar-refractivity contribution in [2.24, 2.45) is 0 Å². The van der Waals surface area contributed by atoms with Gasteiger partial charge in [-0.3, -0.25) is 4.90 Å². The molecule has 5 heteroatoms. The number of aliphatic hydroxyl groups is 1. The topological polar surface area (TPSA) is 62.0 Å². The summed E-state index contributed by atoms with van der Waals surface area (Å²) >= 11 is 0. The summed E-state index contributed by atoms with van der Waals surface area (Å²) in [6.45, 7) is 6.57. The highest BCUT2D eigenvalue weighted by atomic mass is 16.5. The van der Waals surface area contributed by atoms with Gasteiger partial charge in [0.1, 0.15) is 5.75 Å². The minimum absolute atomic E-state index is 0.266. The van der Waals surface area contributed by atoms with E-state index in [1.165, 1.54) is 0 Å². The Balaban J connectivity index is 2.03. The molecule has 1 aliphatic rings. The van der Waals surface area contributed by atoms with Crippen LogP contribution < -0.4 is 15.4 Å². The summed E-state index contributed by atoms with van der Waals surface area (Å²) in [5, 5.41) is 9.49. The zero-order chi connectivity index (χ0) is 14.5. The molecule has 1 aromatic rings. The summed E-state index contributed by atoms with van der Waals surface area (Å²) in [7, 11) is 1.64. The predicted molar refractivity (Wildman–Crippen MR) is 82.4 cm³/mol. The quantitative estimate of drug-likeness (QED) is 0.810. The molecule has 0 radical (unpaired) electrons. The molecule has 1 fully saturated rings. The molecule has 1 aromatic carbocycles. The van der Waals surface area contributed by atoms with Crippen LogP contribution in [0.3, 0.4) is 0 Å². The summed E-state index contributed by atoms with van der Waals surface area (Å²) in [6.07, 6.45) is 0.831. The van der Waals surface area contributed by atoms with Gasteiger partial charge in [0.25, 0.3) is 0 Å². The van der Waals surface area contributed by atoms with Crippen LogP contribution in [0, 0.1) is 0 Å². The van der Waals surface area contributed by atoms with Crippen molar-refractivity contribution >= 4 is 11.4 Å². The number of rotatable bonds is 4. The van der Waals surface area contributed by atoms with Gasteiger partial charge in [-0.2, -0.15) is 0 Å². The predicted octanol–water partition coefficient (Wildman–Crippen LogP) is 1.17. The summed E-state index contributed by atoms with van der Waals surface area (Å²) < 4.78 is 5.29. The second-order valence-corrected chi connectivity index (χ2v) is 5.42. The molecule has 112 valence electrons. The average molecular weight is 279 g/mol. The van der Waals surface area contributed by atoms with E-state index in [0.29, 0.717) is 5.69 Å². The molecule has 0 aromatic heterocycles.